The van der Waals surface area contributed by atoms with Gasteiger partial charge in [0.05, 0.1) is 9.37 Å². The molecule has 0 saturated carbocycles. The molecule has 0 radical (unpaired) electrons. The molecule has 128 valence electrons. The van der Waals surface area contributed by atoms with Crippen LogP contribution in [0.25, 0.3) is 11.0 Å². The van der Waals surface area contributed by atoms with Gasteiger partial charge in [0, 0.05) is 17.6 Å². The Morgan fingerprint density at radius 1 is 1.20 bits per heavy atom. The molecule has 4 rings (SSSR count). The van der Waals surface area contributed by atoms with E-state index in [0.717, 1.165) is 15.4 Å². The first-order valence-corrected chi connectivity index (χ1v) is 9.84. The lowest BCUT2D eigenvalue weighted by molar-refractivity contribution is 0.0965. The summed E-state index contributed by atoms with van der Waals surface area (Å²) in [5.74, 6) is -0.107. The van der Waals surface area contributed by atoms with Gasteiger partial charge in [0.25, 0.3) is 5.91 Å². The minimum atomic E-state index is -3.83. The molecule has 0 aliphatic carbocycles. The molecule has 2 aromatic carbocycles. The van der Waals surface area contributed by atoms with Gasteiger partial charge in [-0.15, -0.1) is 0 Å². The summed E-state index contributed by atoms with van der Waals surface area (Å²) in [5.41, 5.74) is 2.05. The standard InChI is InChI=1S/C17H13BrN2O4S/c18-13-3-1-2-11-8-15(24-16(11)13)17(21)20-7-6-10-4-5-12(9-14(10)20)25(19,22)23/h1-5,8-9H,6-7H2,(H2,19,22,23). The number of halogens is 1. The molecule has 1 amide bonds. The molecule has 8 heteroatoms. The monoisotopic (exact) mass is 420 g/mol. The molecular weight excluding hydrogens is 408 g/mol. The predicted molar refractivity (Wildman–Crippen MR) is 97.1 cm³/mol. The summed E-state index contributed by atoms with van der Waals surface area (Å²) in [6, 6.07) is 11.8. The molecule has 3 aromatic rings. The van der Waals surface area contributed by atoms with Crippen LogP contribution in [0.4, 0.5) is 5.69 Å². The van der Waals surface area contributed by atoms with E-state index >= 15 is 0 Å². The second kappa shape index (κ2) is 5.69. The van der Waals surface area contributed by atoms with E-state index in [1.807, 2.05) is 18.2 Å². The number of anilines is 1. The molecule has 0 fully saturated rings. The second-order valence-electron chi connectivity index (χ2n) is 5.81. The number of amides is 1. The van der Waals surface area contributed by atoms with Crippen LogP contribution in [0.15, 0.2) is 56.2 Å². The molecule has 0 bridgehead atoms. The van der Waals surface area contributed by atoms with Gasteiger partial charge in [-0.05, 0) is 52.2 Å². The molecule has 0 atom stereocenters. The van der Waals surface area contributed by atoms with Gasteiger partial charge in [0.2, 0.25) is 10.0 Å². The van der Waals surface area contributed by atoms with E-state index in [1.165, 1.54) is 17.0 Å². The molecule has 1 aliphatic heterocycles. The highest BCUT2D eigenvalue weighted by atomic mass is 79.9. The van der Waals surface area contributed by atoms with Gasteiger partial charge in [-0.3, -0.25) is 4.79 Å². The first-order valence-electron chi connectivity index (χ1n) is 7.50. The van der Waals surface area contributed by atoms with Gasteiger partial charge in [-0.25, -0.2) is 13.6 Å². The average Bonchev–Trinajstić information content (AvgIpc) is 3.17. The predicted octanol–water partition coefficient (Wildman–Crippen LogP) is 3.05. The highest BCUT2D eigenvalue weighted by Crippen LogP contribution is 2.33. The second-order valence-corrected chi connectivity index (χ2v) is 8.23. The first-order chi connectivity index (χ1) is 11.8. The molecule has 0 saturated heterocycles. The van der Waals surface area contributed by atoms with Crippen molar-refractivity contribution in [2.24, 2.45) is 5.14 Å². The van der Waals surface area contributed by atoms with E-state index in [0.29, 0.717) is 24.2 Å². The summed E-state index contributed by atoms with van der Waals surface area (Å²) in [7, 11) is -3.83. The largest absolute Gasteiger partial charge is 0.450 e. The smallest absolute Gasteiger partial charge is 0.294 e. The zero-order valence-electron chi connectivity index (χ0n) is 12.9. The number of rotatable bonds is 2. The number of primary sulfonamides is 1. The molecule has 6 nitrogen and oxygen atoms in total. The van der Waals surface area contributed by atoms with Crippen LogP contribution in [0.5, 0.6) is 0 Å². The van der Waals surface area contributed by atoms with E-state index in [4.69, 9.17) is 9.56 Å². The molecular formula is C17H13BrN2O4S. The highest BCUT2D eigenvalue weighted by molar-refractivity contribution is 9.10. The van der Waals surface area contributed by atoms with Crippen LogP contribution in [0.2, 0.25) is 0 Å². The van der Waals surface area contributed by atoms with Crippen molar-refractivity contribution in [3.05, 3.63) is 58.3 Å². The zero-order chi connectivity index (χ0) is 17.8. The number of benzene rings is 2. The van der Waals surface area contributed by atoms with Crippen molar-refractivity contribution >= 4 is 48.5 Å². The highest BCUT2D eigenvalue weighted by Gasteiger charge is 2.29. The summed E-state index contributed by atoms with van der Waals surface area (Å²) in [4.78, 5) is 14.4. The van der Waals surface area contributed by atoms with Gasteiger partial charge in [-0.1, -0.05) is 18.2 Å². The third kappa shape index (κ3) is 2.76. The molecule has 1 aliphatic rings. The Morgan fingerprint density at radius 2 is 2.00 bits per heavy atom. The lowest BCUT2D eigenvalue weighted by Crippen LogP contribution is -2.28. The molecule has 1 aromatic heterocycles. The van der Waals surface area contributed by atoms with E-state index in [1.54, 1.807) is 12.1 Å². The Morgan fingerprint density at radius 3 is 2.72 bits per heavy atom. The maximum absolute atomic E-state index is 12.9. The van der Waals surface area contributed by atoms with Crippen molar-refractivity contribution in [3.63, 3.8) is 0 Å². The topological polar surface area (TPSA) is 93.6 Å². The number of fused-ring (bicyclic) bond motifs is 2. The minimum absolute atomic E-state index is 0.0155. The number of carbonyl (C=O) groups is 1. The van der Waals surface area contributed by atoms with Crippen molar-refractivity contribution in [2.75, 3.05) is 11.4 Å². The van der Waals surface area contributed by atoms with Crippen molar-refractivity contribution in [1.29, 1.82) is 0 Å². The van der Waals surface area contributed by atoms with Crippen molar-refractivity contribution in [3.8, 4) is 0 Å². The Balaban J connectivity index is 1.76. The van der Waals surface area contributed by atoms with Crippen LogP contribution in [0.1, 0.15) is 16.1 Å². The molecule has 0 spiro atoms. The van der Waals surface area contributed by atoms with E-state index in [9.17, 15) is 13.2 Å². The average molecular weight is 421 g/mol. The Hall–Kier alpha value is -2.16. The quantitative estimate of drug-likeness (QED) is 0.688. The maximum atomic E-state index is 12.9. The number of nitrogens with zero attached hydrogens (tertiary/aromatic N) is 1. The van der Waals surface area contributed by atoms with Gasteiger partial charge >= 0.3 is 0 Å². The summed E-state index contributed by atoms with van der Waals surface area (Å²) in [5, 5.41) is 6.01. The lowest BCUT2D eigenvalue weighted by Gasteiger charge is -2.16. The third-order valence-corrected chi connectivity index (χ3v) is 5.77. The van der Waals surface area contributed by atoms with Gasteiger partial charge in [-0.2, -0.15) is 0 Å². The molecule has 25 heavy (non-hydrogen) atoms. The number of sulfonamides is 1. The van der Waals surface area contributed by atoms with E-state index < -0.39 is 10.0 Å². The number of para-hydroxylation sites is 1. The van der Waals surface area contributed by atoms with Crippen molar-refractivity contribution < 1.29 is 17.6 Å². The zero-order valence-corrected chi connectivity index (χ0v) is 15.3. The normalized spacial score (nSPS) is 14.1. The third-order valence-electron chi connectivity index (χ3n) is 4.23. The lowest BCUT2D eigenvalue weighted by atomic mass is 10.2. The number of hydrogen-bond donors (Lipinski definition) is 1. The van der Waals surface area contributed by atoms with Crippen LogP contribution in [0.3, 0.4) is 0 Å². The number of carbonyl (C=O) groups excluding carboxylic acids is 1. The van der Waals surface area contributed by atoms with Gasteiger partial charge in [0.15, 0.2) is 5.76 Å². The van der Waals surface area contributed by atoms with Gasteiger partial charge < -0.3 is 9.32 Å². The Kier molecular flexibility index (Phi) is 3.71. The van der Waals surface area contributed by atoms with Crippen LogP contribution < -0.4 is 10.0 Å². The van der Waals surface area contributed by atoms with Crippen LogP contribution in [-0.2, 0) is 16.4 Å². The van der Waals surface area contributed by atoms with Gasteiger partial charge in [0.1, 0.15) is 5.58 Å². The van der Waals surface area contributed by atoms with E-state index in [-0.39, 0.29) is 16.6 Å². The maximum Gasteiger partial charge on any atom is 0.294 e. The van der Waals surface area contributed by atoms with Crippen molar-refractivity contribution in [1.82, 2.24) is 0 Å². The van der Waals surface area contributed by atoms with Crippen LogP contribution in [-0.4, -0.2) is 20.9 Å². The number of hydrogen-bond acceptors (Lipinski definition) is 4. The van der Waals surface area contributed by atoms with Crippen molar-refractivity contribution in [2.45, 2.75) is 11.3 Å². The Labute approximate surface area is 152 Å². The first kappa shape index (κ1) is 16.3. The Bertz CT molecular complexity index is 1120. The summed E-state index contributed by atoms with van der Waals surface area (Å²) in [6.07, 6.45) is 0.649. The fourth-order valence-electron chi connectivity index (χ4n) is 3.01. The fraction of sp³-hybridized carbons (Fsp3) is 0.118. The number of nitrogens with two attached hydrogens (primary N) is 1. The summed E-state index contributed by atoms with van der Waals surface area (Å²) < 4.78 is 29.6. The van der Waals surface area contributed by atoms with E-state index in [2.05, 4.69) is 15.9 Å². The SMILES string of the molecule is NS(=O)(=O)c1ccc2c(c1)N(C(=O)c1cc3cccc(Br)c3o1)CC2. The fourth-order valence-corrected chi connectivity index (χ4v) is 4.01. The molecule has 2 N–H and O–H groups in total. The summed E-state index contributed by atoms with van der Waals surface area (Å²) in [6.45, 7) is 0.459. The molecule has 0 unspecified atom stereocenters. The van der Waals surface area contributed by atoms with Crippen LogP contribution >= 0.6 is 15.9 Å². The molecule has 2 heterocycles. The summed E-state index contributed by atoms with van der Waals surface area (Å²) >= 11 is 3.40. The van der Waals surface area contributed by atoms with Crippen LogP contribution in [0, 0.1) is 0 Å². The minimum Gasteiger partial charge on any atom is -0.450 e. The number of furan rings is 1.